The van der Waals surface area contributed by atoms with E-state index in [0.717, 1.165) is 36.8 Å². The van der Waals surface area contributed by atoms with E-state index in [1.165, 1.54) is 4.88 Å². The summed E-state index contributed by atoms with van der Waals surface area (Å²) in [4.78, 5) is 10.5. The van der Waals surface area contributed by atoms with Crippen molar-refractivity contribution in [3.05, 3.63) is 34.3 Å². The van der Waals surface area contributed by atoms with Gasteiger partial charge >= 0.3 is 0 Å². The Hall–Kier alpha value is -1.62. The Kier molecular flexibility index (Phi) is 5.17. The third-order valence-corrected chi connectivity index (χ3v) is 4.64. The van der Waals surface area contributed by atoms with Crippen LogP contribution in [0.2, 0.25) is 0 Å². The van der Waals surface area contributed by atoms with Gasteiger partial charge in [-0.3, -0.25) is 0 Å². The third kappa shape index (κ3) is 4.17. The smallest absolute Gasteiger partial charge is 0.133 e. The van der Waals surface area contributed by atoms with Crippen LogP contribution >= 0.6 is 11.3 Å². The predicted octanol–water partition coefficient (Wildman–Crippen LogP) is 3.92. The van der Waals surface area contributed by atoms with Crippen LogP contribution in [0.1, 0.15) is 37.9 Å². The number of hydrogen-bond acceptors (Lipinski definition) is 5. The van der Waals surface area contributed by atoms with Crippen molar-refractivity contribution in [2.24, 2.45) is 0 Å². The van der Waals surface area contributed by atoms with Crippen LogP contribution < -0.4 is 10.6 Å². The Morgan fingerprint density at radius 3 is 2.62 bits per heavy atom. The molecule has 0 amide bonds. The molecule has 0 bridgehead atoms. The fourth-order valence-corrected chi connectivity index (χ4v) is 2.97. The molecule has 0 fully saturated rings. The van der Waals surface area contributed by atoms with Crippen LogP contribution in [0, 0.1) is 0 Å². The number of hydrogen-bond donors (Lipinski definition) is 2. The molecular formula is C16H24N4S. The zero-order valence-electron chi connectivity index (χ0n) is 13.2. The molecule has 114 valence electrons. The van der Waals surface area contributed by atoms with Gasteiger partial charge in [-0.05, 0) is 17.9 Å². The van der Waals surface area contributed by atoms with Gasteiger partial charge in [0, 0.05) is 36.4 Å². The number of thiophene rings is 1. The first-order valence-electron chi connectivity index (χ1n) is 7.38. The molecule has 0 atom stereocenters. The van der Waals surface area contributed by atoms with Crippen LogP contribution in [0.3, 0.4) is 0 Å². The van der Waals surface area contributed by atoms with E-state index in [1.54, 1.807) is 11.3 Å². The van der Waals surface area contributed by atoms with Crippen molar-refractivity contribution in [3.63, 3.8) is 0 Å². The summed E-state index contributed by atoms with van der Waals surface area (Å²) in [7, 11) is 1.89. The lowest BCUT2D eigenvalue weighted by molar-refractivity contribution is 0.568. The van der Waals surface area contributed by atoms with Crippen LogP contribution in [0.4, 0.5) is 11.6 Å². The first-order valence-corrected chi connectivity index (χ1v) is 8.26. The summed E-state index contributed by atoms with van der Waals surface area (Å²) in [6, 6.07) is 6.25. The van der Waals surface area contributed by atoms with Gasteiger partial charge in [0.15, 0.2) is 0 Å². The van der Waals surface area contributed by atoms with Crippen molar-refractivity contribution in [1.29, 1.82) is 0 Å². The van der Waals surface area contributed by atoms with Crippen LogP contribution in [-0.4, -0.2) is 23.6 Å². The normalized spacial score (nSPS) is 11.4. The van der Waals surface area contributed by atoms with E-state index in [-0.39, 0.29) is 5.41 Å². The Balaban J connectivity index is 2.10. The summed E-state index contributed by atoms with van der Waals surface area (Å²) in [5, 5.41) is 8.69. The fourth-order valence-electron chi connectivity index (χ4n) is 2.11. The number of rotatable bonds is 7. The molecule has 0 saturated heterocycles. The Morgan fingerprint density at radius 1 is 1.24 bits per heavy atom. The van der Waals surface area contributed by atoms with E-state index in [4.69, 9.17) is 0 Å². The summed E-state index contributed by atoms with van der Waals surface area (Å²) in [6.07, 6.45) is 1.95. The number of nitrogens with zero attached hydrogens (tertiary/aromatic N) is 2. The zero-order chi connectivity index (χ0) is 15.3. The maximum absolute atomic E-state index is 4.60. The number of nitrogens with one attached hydrogen (secondary N) is 2. The van der Waals surface area contributed by atoms with Gasteiger partial charge < -0.3 is 10.6 Å². The Morgan fingerprint density at radius 2 is 2.00 bits per heavy atom. The zero-order valence-corrected chi connectivity index (χ0v) is 14.0. The van der Waals surface area contributed by atoms with E-state index in [0.29, 0.717) is 0 Å². The summed E-state index contributed by atoms with van der Waals surface area (Å²) in [5.41, 5.74) is 0.0871. The van der Waals surface area contributed by atoms with E-state index >= 15 is 0 Å². The van der Waals surface area contributed by atoms with Gasteiger partial charge in [0.25, 0.3) is 0 Å². The van der Waals surface area contributed by atoms with E-state index < -0.39 is 0 Å². The Bertz CT molecular complexity index is 564. The summed E-state index contributed by atoms with van der Waals surface area (Å²) >= 11 is 1.80. The maximum Gasteiger partial charge on any atom is 0.133 e. The quantitative estimate of drug-likeness (QED) is 0.814. The van der Waals surface area contributed by atoms with Gasteiger partial charge in [0.05, 0.1) is 0 Å². The van der Waals surface area contributed by atoms with Gasteiger partial charge in [-0.25, -0.2) is 9.97 Å². The third-order valence-electron chi connectivity index (χ3n) is 3.40. The molecule has 0 aliphatic carbocycles. The van der Waals surface area contributed by atoms with Crippen molar-refractivity contribution < 1.29 is 0 Å². The van der Waals surface area contributed by atoms with E-state index in [2.05, 4.69) is 58.9 Å². The van der Waals surface area contributed by atoms with Crippen LogP contribution in [0.25, 0.3) is 0 Å². The molecule has 0 radical (unpaired) electrons. The molecule has 2 heterocycles. The highest BCUT2D eigenvalue weighted by atomic mass is 32.1. The average molecular weight is 304 g/mol. The highest BCUT2D eigenvalue weighted by Gasteiger charge is 2.21. The first-order chi connectivity index (χ1) is 10.0. The van der Waals surface area contributed by atoms with E-state index in [1.807, 2.05) is 13.1 Å². The second-order valence-electron chi connectivity index (χ2n) is 5.77. The highest BCUT2D eigenvalue weighted by molar-refractivity contribution is 7.10. The minimum atomic E-state index is 0.0871. The number of aryl methyl sites for hydroxylation is 1. The van der Waals surface area contributed by atoms with Gasteiger partial charge in [-0.15, -0.1) is 11.3 Å². The van der Waals surface area contributed by atoms with Gasteiger partial charge in [-0.2, -0.15) is 0 Å². The summed E-state index contributed by atoms with van der Waals surface area (Å²) in [5.74, 6) is 2.65. The minimum Gasteiger partial charge on any atom is -0.373 e. The van der Waals surface area contributed by atoms with Gasteiger partial charge in [0.1, 0.15) is 17.5 Å². The van der Waals surface area contributed by atoms with Crippen molar-refractivity contribution in [2.75, 3.05) is 24.2 Å². The van der Waals surface area contributed by atoms with Crippen LogP contribution in [-0.2, 0) is 11.8 Å². The second-order valence-corrected chi connectivity index (χ2v) is 6.72. The van der Waals surface area contributed by atoms with Gasteiger partial charge in [0.2, 0.25) is 0 Å². The highest BCUT2D eigenvalue weighted by Crippen LogP contribution is 2.27. The molecule has 0 saturated carbocycles. The van der Waals surface area contributed by atoms with Crippen LogP contribution in [0.5, 0.6) is 0 Å². The van der Waals surface area contributed by atoms with Crippen molar-refractivity contribution in [2.45, 2.75) is 39.0 Å². The lowest BCUT2D eigenvalue weighted by atomic mass is 9.91. The van der Waals surface area contributed by atoms with Crippen molar-refractivity contribution >= 4 is 23.0 Å². The van der Waals surface area contributed by atoms with E-state index in [9.17, 15) is 0 Å². The monoisotopic (exact) mass is 304 g/mol. The minimum absolute atomic E-state index is 0.0871. The topological polar surface area (TPSA) is 49.8 Å². The first kappa shape index (κ1) is 15.8. The molecule has 2 rings (SSSR count). The molecule has 0 aliphatic rings. The summed E-state index contributed by atoms with van der Waals surface area (Å²) < 4.78 is 0. The molecule has 2 aromatic rings. The summed E-state index contributed by atoms with van der Waals surface area (Å²) in [6.45, 7) is 7.49. The largest absolute Gasteiger partial charge is 0.373 e. The number of anilines is 2. The molecule has 0 aromatic carbocycles. The van der Waals surface area contributed by atoms with Crippen LogP contribution in [0.15, 0.2) is 23.6 Å². The molecular weight excluding hydrogens is 280 g/mol. The Labute approximate surface area is 131 Å². The average Bonchev–Trinajstić information content (AvgIpc) is 3.00. The standard InChI is InChI=1S/C16H24N4S/c1-5-7-13-19-14(17-4)10-15(20-13)18-11-16(2,3)12-8-6-9-21-12/h6,8-10H,5,7,11H2,1-4H3,(H2,17,18,19,20). The number of aromatic nitrogens is 2. The lowest BCUT2D eigenvalue weighted by Gasteiger charge is -2.24. The lowest BCUT2D eigenvalue weighted by Crippen LogP contribution is -2.27. The second kappa shape index (κ2) is 6.89. The molecule has 21 heavy (non-hydrogen) atoms. The predicted molar refractivity (Wildman–Crippen MR) is 91.4 cm³/mol. The van der Waals surface area contributed by atoms with Gasteiger partial charge in [-0.1, -0.05) is 26.8 Å². The molecule has 2 aromatic heterocycles. The molecule has 0 unspecified atom stereocenters. The molecule has 0 spiro atoms. The molecule has 0 aliphatic heterocycles. The molecule has 4 nitrogen and oxygen atoms in total. The maximum atomic E-state index is 4.60. The molecule has 5 heteroatoms. The SMILES string of the molecule is CCCc1nc(NC)cc(NCC(C)(C)c2cccs2)n1. The van der Waals surface area contributed by atoms with Crippen molar-refractivity contribution in [3.8, 4) is 0 Å². The fraction of sp³-hybridized carbons (Fsp3) is 0.500. The van der Waals surface area contributed by atoms with Crippen molar-refractivity contribution in [1.82, 2.24) is 9.97 Å². The molecule has 2 N–H and O–H groups in total.